The number of halogens is 1. The Hall–Kier alpha value is -1.66. The number of hydrogen-bond donors (Lipinski definition) is 0. The van der Waals surface area contributed by atoms with Crippen molar-refractivity contribution in [2.45, 2.75) is 13.5 Å². The molecule has 5 nitrogen and oxygen atoms in total. The van der Waals surface area contributed by atoms with Crippen molar-refractivity contribution in [2.24, 2.45) is 0 Å². The van der Waals surface area contributed by atoms with Crippen LogP contribution in [0.15, 0.2) is 23.8 Å². The van der Waals surface area contributed by atoms with E-state index in [1.165, 1.54) is 11.2 Å². The van der Waals surface area contributed by atoms with Gasteiger partial charge in [0.15, 0.2) is 0 Å². The molecule has 3 rings (SSSR count). The fourth-order valence-electron chi connectivity index (χ4n) is 2.04. The van der Waals surface area contributed by atoms with Gasteiger partial charge in [-0.3, -0.25) is 0 Å². The molecule has 3 aromatic heterocycles. The largest absolute Gasteiger partial charge is 0.354 e. The molecule has 0 bridgehead atoms. The summed E-state index contributed by atoms with van der Waals surface area (Å²) in [5.41, 5.74) is 0.902. The van der Waals surface area contributed by atoms with Gasteiger partial charge in [-0.2, -0.15) is 19.6 Å². The minimum Gasteiger partial charge on any atom is -0.354 e. The highest BCUT2D eigenvalue weighted by atomic mass is 35.5. The Balaban J connectivity index is 2.07. The fraction of sp³-hybridized carbons (Fsp3) is 0.250. The van der Waals surface area contributed by atoms with E-state index in [4.69, 9.17) is 11.6 Å². The molecule has 3 aromatic rings. The third-order valence-corrected chi connectivity index (χ3v) is 4.14. The van der Waals surface area contributed by atoms with Crippen LogP contribution in [0, 0.1) is 6.92 Å². The topological polar surface area (TPSA) is 46.3 Å². The highest BCUT2D eigenvalue weighted by Crippen LogP contribution is 2.26. The zero-order valence-electron chi connectivity index (χ0n) is 10.5. The minimum atomic E-state index is 0.466. The lowest BCUT2D eigenvalue weighted by molar-refractivity contribution is 0.830. The second kappa shape index (κ2) is 4.79. The zero-order valence-corrected chi connectivity index (χ0v) is 12.1. The van der Waals surface area contributed by atoms with Crippen molar-refractivity contribution < 1.29 is 0 Å². The number of nitrogens with zero attached hydrogens (tertiary/aromatic N) is 5. The summed E-state index contributed by atoms with van der Waals surface area (Å²) in [7, 11) is 2.01. The summed E-state index contributed by atoms with van der Waals surface area (Å²) in [6.45, 7) is 2.74. The second-order valence-corrected chi connectivity index (χ2v) is 5.65. The molecule has 98 valence electrons. The Morgan fingerprint density at radius 2 is 2.32 bits per heavy atom. The van der Waals surface area contributed by atoms with E-state index >= 15 is 0 Å². The molecule has 0 amide bonds. The van der Waals surface area contributed by atoms with Gasteiger partial charge in [0, 0.05) is 17.5 Å². The standard InChI is InChI=1S/C12H12ClN5S/c1-8-10(13)16-12-14-7-15-18(12)11(8)17(2)6-9-4-3-5-19-9/h3-5,7H,6H2,1-2H3. The van der Waals surface area contributed by atoms with Gasteiger partial charge in [-0.25, -0.2) is 0 Å². The first-order valence-corrected chi connectivity index (χ1v) is 7.02. The van der Waals surface area contributed by atoms with Crippen molar-refractivity contribution in [1.82, 2.24) is 19.6 Å². The second-order valence-electron chi connectivity index (χ2n) is 4.26. The predicted octanol–water partition coefficient (Wildman–Crippen LogP) is 2.78. The summed E-state index contributed by atoms with van der Waals surface area (Å²) in [5.74, 6) is 1.43. The van der Waals surface area contributed by atoms with Crippen molar-refractivity contribution in [2.75, 3.05) is 11.9 Å². The fourth-order valence-corrected chi connectivity index (χ4v) is 2.96. The Bertz CT molecular complexity index is 706. The third kappa shape index (κ3) is 2.17. The minimum absolute atomic E-state index is 0.466. The Kier molecular flexibility index (Phi) is 3.12. The third-order valence-electron chi connectivity index (χ3n) is 2.91. The maximum atomic E-state index is 6.16. The van der Waals surface area contributed by atoms with E-state index in [9.17, 15) is 0 Å². The highest BCUT2D eigenvalue weighted by molar-refractivity contribution is 7.09. The van der Waals surface area contributed by atoms with Crippen molar-refractivity contribution in [3.8, 4) is 0 Å². The first-order valence-electron chi connectivity index (χ1n) is 5.76. The lowest BCUT2D eigenvalue weighted by Gasteiger charge is -2.21. The van der Waals surface area contributed by atoms with Crippen LogP contribution in [0.4, 0.5) is 5.82 Å². The molecular weight excluding hydrogens is 282 g/mol. The molecule has 0 saturated heterocycles. The summed E-state index contributed by atoms with van der Waals surface area (Å²) < 4.78 is 1.72. The number of anilines is 1. The van der Waals surface area contributed by atoms with Gasteiger partial charge in [0.05, 0.1) is 6.54 Å². The van der Waals surface area contributed by atoms with E-state index in [-0.39, 0.29) is 0 Å². The van der Waals surface area contributed by atoms with Crippen molar-refractivity contribution in [3.63, 3.8) is 0 Å². The molecule has 7 heteroatoms. The van der Waals surface area contributed by atoms with Gasteiger partial charge in [0.1, 0.15) is 17.3 Å². The van der Waals surface area contributed by atoms with Gasteiger partial charge in [0.25, 0.3) is 5.78 Å². The SMILES string of the molecule is Cc1c(Cl)nc2ncnn2c1N(C)Cc1cccs1. The van der Waals surface area contributed by atoms with Crippen molar-refractivity contribution in [1.29, 1.82) is 0 Å². The van der Waals surface area contributed by atoms with Gasteiger partial charge < -0.3 is 4.90 Å². The van der Waals surface area contributed by atoms with Crippen LogP contribution in [0.5, 0.6) is 0 Å². The number of fused-ring (bicyclic) bond motifs is 1. The smallest absolute Gasteiger partial charge is 0.255 e. The maximum Gasteiger partial charge on any atom is 0.255 e. The molecule has 0 aliphatic carbocycles. The molecule has 19 heavy (non-hydrogen) atoms. The van der Waals surface area contributed by atoms with E-state index in [0.717, 1.165) is 17.9 Å². The molecule has 3 heterocycles. The average molecular weight is 294 g/mol. The first-order chi connectivity index (χ1) is 9.16. The van der Waals surface area contributed by atoms with Crippen molar-refractivity contribution >= 4 is 34.5 Å². The maximum absolute atomic E-state index is 6.16. The van der Waals surface area contributed by atoms with Crippen molar-refractivity contribution in [3.05, 3.63) is 39.4 Å². The van der Waals surface area contributed by atoms with Crippen LogP contribution >= 0.6 is 22.9 Å². The molecule has 0 aliphatic rings. The van der Waals surface area contributed by atoms with Crippen LogP contribution in [-0.4, -0.2) is 26.6 Å². The monoisotopic (exact) mass is 293 g/mol. The Morgan fingerprint density at radius 1 is 1.47 bits per heavy atom. The van der Waals surface area contributed by atoms with E-state index in [1.54, 1.807) is 15.9 Å². The molecule has 0 aliphatic heterocycles. The number of rotatable bonds is 3. The molecule has 0 atom stereocenters. The molecule has 0 aromatic carbocycles. The van der Waals surface area contributed by atoms with E-state index in [1.807, 2.05) is 20.0 Å². The number of aromatic nitrogens is 4. The highest BCUT2D eigenvalue weighted by Gasteiger charge is 2.16. The number of thiophene rings is 1. The summed E-state index contributed by atoms with van der Waals surface area (Å²) in [4.78, 5) is 11.7. The molecule has 0 N–H and O–H groups in total. The Labute approximate surface area is 119 Å². The summed E-state index contributed by atoms with van der Waals surface area (Å²) in [5, 5.41) is 6.75. The zero-order chi connectivity index (χ0) is 13.4. The van der Waals surface area contributed by atoms with Crippen LogP contribution in [0.2, 0.25) is 5.15 Å². The van der Waals surface area contributed by atoms with Gasteiger partial charge in [-0.15, -0.1) is 11.3 Å². The van der Waals surface area contributed by atoms with Gasteiger partial charge in [0.2, 0.25) is 0 Å². The molecule has 0 spiro atoms. The molecule has 0 unspecified atom stereocenters. The van der Waals surface area contributed by atoms with Crippen LogP contribution < -0.4 is 4.90 Å². The molecule has 0 fully saturated rings. The van der Waals surface area contributed by atoms with Crippen LogP contribution in [0.1, 0.15) is 10.4 Å². The number of hydrogen-bond acceptors (Lipinski definition) is 5. The molecular formula is C12H12ClN5S. The quantitative estimate of drug-likeness (QED) is 0.697. The lowest BCUT2D eigenvalue weighted by atomic mass is 10.3. The normalized spacial score (nSPS) is 11.1. The lowest BCUT2D eigenvalue weighted by Crippen LogP contribution is -2.21. The van der Waals surface area contributed by atoms with Crippen LogP contribution in [-0.2, 0) is 6.54 Å². The van der Waals surface area contributed by atoms with Crippen LogP contribution in [0.25, 0.3) is 5.78 Å². The van der Waals surface area contributed by atoms with Crippen LogP contribution in [0.3, 0.4) is 0 Å². The van der Waals surface area contributed by atoms with E-state index in [0.29, 0.717) is 10.9 Å². The first kappa shape index (κ1) is 12.4. The van der Waals surface area contributed by atoms with Gasteiger partial charge in [-0.1, -0.05) is 17.7 Å². The molecule has 0 saturated carbocycles. The van der Waals surface area contributed by atoms with Gasteiger partial charge >= 0.3 is 0 Å². The summed E-state index contributed by atoms with van der Waals surface area (Å²) in [6.07, 6.45) is 1.49. The van der Waals surface area contributed by atoms with Gasteiger partial charge in [-0.05, 0) is 18.4 Å². The summed E-state index contributed by atoms with van der Waals surface area (Å²) >= 11 is 7.89. The molecule has 0 radical (unpaired) electrons. The summed E-state index contributed by atoms with van der Waals surface area (Å²) in [6, 6.07) is 4.16. The average Bonchev–Trinajstić information content (AvgIpc) is 3.01. The van der Waals surface area contributed by atoms with E-state index in [2.05, 4.69) is 31.4 Å². The Morgan fingerprint density at radius 3 is 3.05 bits per heavy atom. The van der Waals surface area contributed by atoms with E-state index < -0.39 is 0 Å². The predicted molar refractivity (Wildman–Crippen MR) is 77.0 cm³/mol.